The van der Waals surface area contributed by atoms with E-state index in [1.807, 2.05) is 0 Å². The Morgan fingerprint density at radius 2 is 1.84 bits per heavy atom. The summed E-state index contributed by atoms with van der Waals surface area (Å²) < 4.78 is 5.10. The van der Waals surface area contributed by atoms with E-state index < -0.39 is 5.91 Å². The second-order valence-corrected chi connectivity index (χ2v) is 4.02. The molecule has 6 nitrogen and oxygen atoms in total. The molecule has 0 radical (unpaired) electrons. The number of anilines is 2. The van der Waals surface area contributed by atoms with Crippen molar-refractivity contribution in [3.05, 3.63) is 18.2 Å². The van der Waals surface area contributed by atoms with Crippen LogP contribution in [0.5, 0.6) is 5.75 Å². The van der Waals surface area contributed by atoms with E-state index in [0.29, 0.717) is 17.1 Å². The number of carbonyl (C=O) groups is 3. The predicted octanol–water partition coefficient (Wildman–Crippen LogP) is 1.57. The third kappa shape index (κ3) is 4.79. The standard InChI is InChI=1S/C13H16N2O4/c1-8(16)6-13(18)15-11-7-10(14-9(2)17)4-5-12(11)19-3/h4-5,7H,6H2,1-3H3,(H,14,17)(H,15,18). The average molecular weight is 264 g/mol. The molecular formula is C13H16N2O4. The molecule has 1 aromatic rings. The maximum atomic E-state index is 11.5. The molecule has 0 fully saturated rings. The number of nitrogens with one attached hydrogen (secondary N) is 2. The molecule has 0 unspecified atom stereocenters. The number of benzene rings is 1. The van der Waals surface area contributed by atoms with Crippen LogP contribution in [0.4, 0.5) is 11.4 Å². The van der Waals surface area contributed by atoms with Crippen LogP contribution in [0.15, 0.2) is 18.2 Å². The molecule has 0 saturated carbocycles. The minimum absolute atomic E-state index is 0.201. The Balaban J connectivity index is 2.92. The number of carbonyl (C=O) groups excluding carboxylic acids is 3. The number of ketones is 1. The summed E-state index contributed by atoms with van der Waals surface area (Å²) in [6, 6.07) is 4.84. The van der Waals surface area contributed by atoms with E-state index in [1.54, 1.807) is 18.2 Å². The molecule has 1 rings (SSSR count). The van der Waals surface area contributed by atoms with Gasteiger partial charge in [0.05, 0.1) is 19.2 Å². The molecule has 0 aliphatic carbocycles. The van der Waals surface area contributed by atoms with Gasteiger partial charge in [-0.15, -0.1) is 0 Å². The smallest absolute Gasteiger partial charge is 0.231 e. The van der Waals surface area contributed by atoms with Crippen LogP contribution in [0.25, 0.3) is 0 Å². The summed E-state index contributed by atoms with van der Waals surface area (Å²) in [5.41, 5.74) is 0.937. The zero-order valence-electron chi connectivity index (χ0n) is 11.1. The van der Waals surface area contributed by atoms with Crippen molar-refractivity contribution in [2.45, 2.75) is 20.3 Å². The molecule has 0 heterocycles. The third-order valence-electron chi connectivity index (χ3n) is 2.20. The molecule has 2 amide bonds. The van der Waals surface area contributed by atoms with E-state index in [4.69, 9.17) is 4.74 Å². The Bertz CT molecular complexity index is 511. The average Bonchev–Trinajstić information content (AvgIpc) is 2.27. The highest BCUT2D eigenvalue weighted by Crippen LogP contribution is 2.27. The Morgan fingerprint density at radius 1 is 1.16 bits per heavy atom. The van der Waals surface area contributed by atoms with E-state index in [0.717, 1.165) is 0 Å². The first-order chi connectivity index (χ1) is 8.92. The zero-order valence-corrected chi connectivity index (χ0v) is 11.1. The quantitative estimate of drug-likeness (QED) is 0.790. The van der Waals surface area contributed by atoms with Crippen molar-refractivity contribution < 1.29 is 19.1 Å². The van der Waals surface area contributed by atoms with Crippen molar-refractivity contribution >= 4 is 29.0 Å². The summed E-state index contributed by atoms with van der Waals surface area (Å²) in [5, 5.41) is 5.17. The van der Waals surface area contributed by atoms with E-state index in [-0.39, 0.29) is 18.1 Å². The number of ether oxygens (including phenoxy) is 1. The van der Waals surface area contributed by atoms with Crippen molar-refractivity contribution in [1.82, 2.24) is 0 Å². The van der Waals surface area contributed by atoms with Gasteiger partial charge < -0.3 is 15.4 Å². The molecule has 0 aromatic heterocycles. The number of hydrogen-bond donors (Lipinski definition) is 2. The third-order valence-corrected chi connectivity index (χ3v) is 2.20. The molecule has 0 bridgehead atoms. The number of rotatable bonds is 5. The van der Waals surface area contributed by atoms with Gasteiger partial charge in [-0.3, -0.25) is 14.4 Å². The number of Topliss-reactive ketones (excluding diaryl/α,β-unsaturated/α-hetero) is 1. The molecular weight excluding hydrogens is 248 g/mol. The van der Waals surface area contributed by atoms with Gasteiger partial charge in [-0.05, 0) is 25.1 Å². The molecule has 6 heteroatoms. The second kappa shape index (κ2) is 6.53. The lowest BCUT2D eigenvalue weighted by molar-refractivity contribution is -0.124. The van der Waals surface area contributed by atoms with Gasteiger partial charge in [0.25, 0.3) is 0 Å². The van der Waals surface area contributed by atoms with Gasteiger partial charge in [-0.25, -0.2) is 0 Å². The van der Waals surface area contributed by atoms with E-state index in [9.17, 15) is 14.4 Å². The molecule has 102 valence electrons. The number of methoxy groups -OCH3 is 1. The molecule has 0 spiro atoms. The summed E-state index contributed by atoms with van der Waals surface area (Å²) in [6.45, 7) is 2.72. The van der Waals surface area contributed by atoms with Crippen LogP contribution >= 0.6 is 0 Å². The molecule has 1 aromatic carbocycles. The van der Waals surface area contributed by atoms with Crippen molar-refractivity contribution in [2.24, 2.45) is 0 Å². The first kappa shape index (κ1) is 14.7. The Morgan fingerprint density at radius 3 is 2.37 bits per heavy atom. The highest BCUT2D eigenvalue weighted by atomic mass is 16.5. The van der Waals surface area contributed by atoms with Gasteiger partial charge in [0.1, 0.15) is 11.5 Å². The topological polar surface area (TPSA) is 84.5 Å². The first-order valence-electron chi connectivity index (χ1n) is 5.67. The summed E-state index contributed by atoms with van der Waals surface area (Å²) in [4.78, 5) is 33.4. The summed E-state index contributed by atoms with van der Waals surface area (Å²) >= 11 is 0. The van der Waals surface area contributed by atoms with Gasteiger partial charge in [-0.1, -0.05) is 0 Å². The molecule has 2 N–H and O–H groups in total. The second-order valence-electron chi connectivity index (χ2n) is 4.02. The van der Waals surface area contributed by atoms with Crippen LogP contribution in [0.2, 0.25) is 0 Å². The van der Waals surface area contributed by atoms with Crippen molar-refractivity contribution in [3.8, 4) is 5.75 Å². The van der Waals surface area contributed by atoms with Gasteiger partial charge in [-0.2, -0.15) is 0 Å². The van der Waals surface area contributed by atoms with Gasteiger partial charge in [0.15, 0.2) is 0 Å². The van der Waals surface area contributed by atoms with Gasteiger partial charge >= 0.3 is 0 Å². The maximum absolute atomic E-state index is 11.5. The van der Waals surface area contributed by atoms with Crippen LogP contribution in [-0.2, 0) is 14.4 Å². The Kier molecular flexibility index (Phi) is 5.05. The maximum Gasteiger partial charge on any atom is 0.231 e. The van der Waals surface area contributed by atoms with Crippen molar-refractivity contribution in [3.63, 3.8) is 0 Å². The van der Waals surface area contributed by atoms with E-state index in [2.05, 4.69) is 10.6 Å². The molecule has 0 atom stereocenters. The molecule has 0 saturated heterocycles. The van der Waals surface area contributed by atoms with Crippen LogP contribution < -0.4 is 15.4 Å². The lowest BCUT2D eigenvalue weighted by atomic mass is 10.2. The fourth-order valence-corrected chi connectivity index (χ4v) is 1.51. The molecule has 0 aliphatic heterocycles. The molecule has 0 aliphatic rings. The van der Waals surface area contributed by atoms with E-state index in [1.165, 1.54) is 21.0 Å². The summed E-state index contributed by atoms with van der Waals surface area (Å²) in [6.07, 6.45) is -0.201. The van der Waals surface area contributed by atoms with Gasteiger partial charge in [0, 0.05) is 12.6 Å². The predicted molar refractivity (Wildman–Crippen MR) is 71.2 cm³/mol. The minimum atomic E-state index is -0.425. The highest BCUT2D eigenvalue weighted by Gasteiger charge is 2.10. The van der Waals surface area contributed by atoms with Crippen LogP contribution in [0, 0.1) is 0 Å². The van der Waals surface area contributed by atoms with Crippen molar-refractivity contribution in [1.29, 1.82) is 0 Å². The Hall–Kier alpha value is -2.37. The molecule has 19 heavy (non-hydrogen) atoms. The fourth-order valence-electron chi connectivity index (χ4n) is 1.51. The SMILES string of the molecule is COc1ccc(NC(C)=O)cc1NC(=O)CC(C)=O. The normalized spacial score (nSPS) is 9.63. The zero-order chi connectivity index (χ0) is 14.4. The summed E-state index contributed by atoms with van der Waals surface area (Å²) in [5.74, 6) is -0.419. The number of hydrogen-bond acceptors (Lipinski definition) is 4. The monoisotopic (exact) mass is 264 g/mol. The Labute approximate surface area is 111 Å². The lowest BCUT2D eigenvalue weighted by Crippen LogP contribution is -2.15. The van der Waals surface area contributed by atoms with Crippen LogP contribution in [0.1, 0.15) is 20.3 Å². The van der Waals surface area contributed by atoms with Crippen LogP contribution in [-0.4, -0.2) is 24.7 Å². The van der Waals surface area contributed by atoms with E-state index >= 15 is 0 Å². The number of amides is 2. The fraction of sp³-hybridized carbons (Fsp3) is 0.308. The van der Waals surface area contributed by atoms with Crippen LogP contribution in [0.3, 0.4) is 0 Å². The highest BCUT2D eigenvalue weighted by molar-refractivity contribution is 6.04. The lowest BCUT2D eigenvalue weighted by Gasteiger charge is -2.12. The van der Waals surface area contributed by atoms with Gasteiger partial charge in [0.2, 0.25) is 11.8 Å². The minimum Gasteiger partial charge on any atom is -0.495 e. The first-order valence-corrected chi connectivity index (χ1v) is 5.67. The largest absolute Gasteiger partial charge is 0.495 e. The van der Waals surface area contributed by atoms with Crippen molar-refractivity contribution in [2.75, 3.05) is 17.7 Å². The summed E-state index contributed by atoms with van der Waals surface area (Å²) in [7, 11) is 1.47.